The van der Waals surface area contributed by atoms with Gasteiger partial charge in [0.05, 0.1) is 12.3 Å². The van der Waals surface area contributed by atoms with Gasteiger partial charge in [-0.3, -0.25) is 0 Å². The molecular formula is C14H13F3N2O. The Morgan fingerprint density at radius 2 is 1.85 bits per heavy atom. The molecule has 1 aromatic heterocycles. The van der Waals surface area contributed by atoms with Crippen LogP contribution in [0.3, 0.4) is 0 Å². The van der Waals surface area contributed by atoms with Crippen molar-refractivity contribution in [2.24, 2.45) is 0 Å². The minimum Gasteiger partial charge on any atom is -0.392 e. The molecule has 6 heteroatoms. The smallest absolute Gasteiger partial charge is 0.392 e. The Morgan fingerprint density at radius 3 is 2.35 bits per heavy atom. The number of aliphatic hydroxyl groups excluding tert-OH is 1. The molecule has 0 bridgehead atoms. The summed E-state index contributed by atoms with van der Waals surface area (Å²) in [4.78, 5) is 0. The maximum Gasteiger partial charge on any atom is 0.435 e. The number of hydrogen-bond donors (Lipinski definition) is 1. The van der Waals surface area contributed by atoms with Gasteiger partial charge in [-0.25, -0.2) is 4.68 Å². The molecule has 0 radical (unpaired) electrons. The van der Waals surface area contributed by atoms with Gasteiger partial charge in [0.1, 0.15) is 0 Å². The van der Waals surface area contributed by atoms with Gasteiger partial charge in [-0.1, -0.05) is 12.1 Å². The zero-order chi connectivity index (χ0) is 14.3. The lowest BCUT2D eigenvalue weighted by molar-refractivity contribution is -0.141. The minimum atomic E-state index is -4.43. The number of nitrogens with zero attached hydrogens (tertiary/aromatic N) is 2. The molecule has 3 rings (SSSR count). The second kappa shape index (κ2) is 4.63. The molecule has 1 aliphatic carbocycles. The summed E-state index contributed by atoms with van der Waals surface area (Å²) in [7, 11) is 0. The van der Waals surface area contributed by atoms with E-state index in [-0.39, 0.29) is 12.5 Å². The predicted octanol–water partition coefficient (Wildman–Crippen LogP) is 3.26. The molecule has 3 nitrogen and oxygen atoms in total. The molecular weight excluding hydrogens is 269 g/mol. The van der Waals surface area contributed by atoms with Gasteiger partial charge >= 0.3 is 6.18 Å². The number of hydrogen-bond acceptors (Lipinski definition) is 2. The molecule has 0 aliphatic heterocycles. The van der Waals surface area contributed by atoms with Crippen molar-refractivity contribution in [2.45, 2.75) is 31.5 Å². The van der Waals surface area contributed by atoms with Crippen LogP contribution < -0.4 is 0 Å². The normalized spacial score (nSPS) is 15.6. The zero-order valence-electron chi connectivity index (χ0n) is 10.6. The quantitative estimate of drug-likeness (QED) is 0.938. The Balaban J connectivity index is 2.04. The second-order valence-corrected chi connectivity index (χ2v) is 4.96. The van der Waals surface area contributed by atoms with Crippen molar-refractivity contribution >= 4 is 0 Å². The maximum atomic E-state index is 12.8. The molecule has 0 unspecified atom stereocenters. The van der Waals surface area contributed by atoms with Gasteiger partial charge in [-0.15, -0.1) is 0 Å². The highest BCUT2D eigenvalue weighted by molar-refractivity contribution is 5.38. The fourth-order valence-electron chi connectivity index (χ4n) is 2.15. The number of alkyl halides is 3. The number of benzene rings is 1. The van der Waals surface area contributed by atoms with E-state index in [2.05, 4.69) is 5.10 Å². The van der Waals surface area contributed by atoms with E-state index < -0.39 is 11.9 Å². The van der Waals surface area contributed by atoms with Crippen molar-refractivity contribution in [3.63, 3.8) is 0 Å². The summed E-state index contributed by atoms with van der Waals surface area (Å²) in [6.07, 6.45) is -2.63. The van der Waals surface area contributed by atoms with E-state index in [0.717, 1.165) is 18.9 Å². The van der Waals surface area contributed by atoms with Crippen molar-refractivity contribution in [1.29, 1.82) is 0 Å². The predicted molar refractivity (Wildman–Crippen MR) is 66.5 cm³/mol. The van der Waals surface area contributed by atoms with Crippen LogP contribution in [0.2, 0.25) is 0 Å². The van der Waals surface area contributed by atoms with Crippen LogP contribution in [0, 0.1) is 0 Å². The van der Waals surface area contributed by atoms with Crippen molar-refractivity contribution in [2.75, 3.05) is 0 Å². The SMILES string of the molecule is OCc1ccc(-n2nc(C(F)(F)F)cc2C2CC2)cc1. The lowest BCUT2D eigenvalue weighted by Gasteiger charge is -2.07. The van der Waals surface area contributed by atoms with E-state index in [1.54, 1.807) is 24.3 Å². The molecule has 1 fully saturated rings. The van der Waals surface area contributed by atoms with Crippen molar-refractivity contribution in [1.82, 2.24) is 9.78 Å². The molecule has 0 saturated heterocycles. The zero-order valence-corrected chi connectivity index (χ0v) is 10.6. The van der Waals surface area contributed by atoms with Gasteiger partial charge < -0.3 is 5.11 Å². The molecule has 0 spiro atoms. The van der Waals surface area contributed by atoms with Crippen LogP contribution in [0.1, 0.15) is 35.7 Å². The van der Waals surface area contributed by atoms with Crippen LogP contribution in [0.5, 0.6) is 0 Å². The van der Waals surface area contributed by atoms with Crippen LogP contribution in [0.25, 0.3) is 5.69 Å². The van der Waals surface area contributed by atoms with Crippen molar-refractivity contribution in [3.8, 4) is 5.69 Å². The highest BCUT2D eigenvalue weighted by Crippen LogP contribution is 2.42. The lowest BCUT2D eigenvalue weighted by atomic mass is 10.2. The van der Waals surface area contributed by atoms with Crippen LogP contribution >= 0.6 is 0 Å². The molecule has 0 amide bonds. The Bertz CT molecular complexity index is 612. The summed E-state index contributed by atoms with van der Waals surface area (Å²) in [5.74, 6) is 0.163. The fourth-order valence-corrected chi connectivity index (χ4v) is 2.15. The highest BCUT2D eigenvalue weighted by Gasteiger charge is 2.38. The maximum absolute atomic E-state index is 12.8. The molecule has 1 saturated carbocycles. The first-order valence-electron chi connectivity index (χ1n) is 6.36. The van der Waals surface area contributed by atoms with Crippen LogP contribution in [0.4, 0.5) is 13.2 Å². The minimum absolute atomic E-state index is 0.0946. The lowest BCUT2D eigenvalue weighted by Crippen LogP contribution is -2.07. The van der Waals surface area contributed by atoms with E-state index in [4.69, 9.17) is 5.11 Å². The standard InChI is InChI=1S/C14H13F3N2O/c15-14(16,17)13-7-12(10-3-4-10)19(18-13)11-5-1-9(8-20)2-6-11/h1-2,5-7,10,20H,3-4,8H2. The van der Waals surface area contributed by atoms with Crippen molar-refractivity contribution in [3.05, 3.63) is 47.3 Å². The average Bonchev–Trinajstić information content (AvgIpc) is 3.16. The molecule has 106 valence electrons. The highest BCUT2D eigenvalue weighted by atomic mass is 19.4. The third-order valence-electron chi connectivity index (χ3n) is 3.39. The third-order valence-corrected chi connectivity index (χ3v) is 3.39. The van der Waals surface area contributed by atoms with Gasteiger partial charge in [0, 0.05) is 11.6 Å². The van der Waals surface area contributed by atoms with Gasteiger partial charge in [-0.05, 0) is 36.6 Å². The van der Waals surface area contributed by atoms with E-state index in [0.29, 0.717) is 16.9 Å². The summed E-state index contributed by atoms with van der Waals surface area (Å²) < 4.78 is 39.7. The van der Waals surface area contributed by atoms with Gasteiger partial charge in [0.25, 0.3) is 0 Å². The van der Waals surface area contributed by atoms with E-state index in [1.807, 2.05) is 0 Å². The molecule has 1 heterocycles. The third kappa shape index (κ3) is 2.43. The largest absolute Gasteiger partial charge is 0.435 e. The number of aliphatic hydroxyl groups is 1. The van der Waals surface area contributed by atoms with E-state index in [9.17, 15) is 13.2 Å². The summed E-state index contributed by atoms with van der Waals surface area (Å²) in [5, 5.41) is 12.7. The van der Waals surface area contributed by atoms with Gasteiger partial charge in [0.15, 0.2) is 5.69 Å². The molecule has 0 atom stereocenters. The van der Waals surface area contributed by atoms with E-state index >= 15 is 0 Å². The summed E-state index contributed by atoms with van der Waals surface area (Å²) in [5.41, 5.74) is 1.05. The van der Waals surface area contributed by atoms with Gasteiger partial charge in [-0.2, -0.15) is 18.3 Å². The Kier molecular flexibility index (Phi) is 3.05. The first kappa shape index (κ1) is 13.2. The van der Waals surface area contributed by atoms with Crippen molar-refractivity contribution < 1.29 is 18.3 Å². The molecule has 2 aromatic rings. The topological polar surface area (TPSA) is 38.0 Å². The fraction of sp³-hybridized carbons (Fsp3) is 0.357. The Labute approximate surface area is 113 Å². The first-order chi connectivity index (χ1) is 9.49. The average molecular weight is 282 g/mol. The monoisotopic (exact) mass is 282 g/mol. The number of halogens is 3. The van der Waals surface area contributed by atoms with Crippen LogP contribution in [-0.4, -0.2) is 14.9 Å². The Hall–Kier alpha value is -1.82. The molecule has 1 N–H and O–H groups in total. The molecule has 1 aromatic carbocycles. The number of rotatable bonds is 3. The van der Waals surface area contributed by atoms with Crippen LogP contribution in [-0.2, 0) is 12.8 Å². The molecule has 20 heavy (non-hydrogen) atoms. The number of aromatic nitrogens is 2. The summed E-state index contributed by atoms with van der Waals surface area (Å²) >= 11 is 0. The summed E-state index contributed by atoms with van der Waals surface area (Å²) in [6.45, 7) is -0.0946. The van der Waals surface area contributed by atoms with E-state index in [1.165, 1.54) is 4.68 Å². The molecule has 1 aliphatic rings. The summed E-state index contributed by atoms with van der Waals surface area (Å²) in [6, 6.07) is 7.84. The second-order valence-electron chi connectivity index (χ2n) is 4.96. The first-order valence-corrected chi connectivity index (χ1v) is 6.36. The van der Waals surface area contributed by atoms with Gasteiger partial charge in [0.2, 0.25) is 0 Å². The Morgan fingerprint density at radius 1 is 1.20 bits per heavy atom. The van der Waals surface area contributed by atoms with Crippen LogP contribution in [0.15, 0.2) is 30.3 Å².